The second-order valence-corrected chi connectivity index (χ2v) is 4.87. The van der Waals surface area contributed by atoms with Crippen LogP contribution >= 0.6 is 0 Å². The third kappa shape index (κ3) is 1.36. The quantitative estimate of drug-likeness (QED) is 0.742. The molecule has 0 amide bonds. The number of nitrogens with two attached hydrogens (primary N) is 1. The monoisotopic (exact) mass is 259 g/mol. The molecule has 3 heterocycles. The molecule has 0 saturated carbocycles. The van der Waals surface area contributed by atoms with Gasteiger partial charge in [-0.15, -0.1) is 0 Å². The van der Waals surface area contributed by atoms with Gasteiger partial charge in [0.15, 0.2) is 11.5 Å². The number of hydrogen-bond donors (Lipinski definition) is 2. The van der Waals surface area contributed by atoms with Crippen LogP contribution in [0.1, 0.15) is 6.23 Å². The summed E-state index contributed by atoms with van der Waals surface area (Å²) in [6, 6.07) is 0. The lowest BCUT2D eigenvalue weighted by atomic mass is 9.80. The molecule has 0 spiro atoms. The highest BCUT2D eigenvalue weighted by molar-refractivity contribution is 5.81. The molecule has 2 aromatic heterocycles. The Morgan fingerprint density at radius 2 is 2.11 bits per heavy atom. The highest BCUT2D eigenvalue weighted by Crippen LogP contribution is 2.47. The smallest absolute Gasteiger partial charge is 0.167 e. The van der Waals surface area contributed by atoms with E-state index in [0.717, 1.165) is 0 Å². The van der Waals surface area contributed by atoms with E-state index in [0.29, 0.717) is 17.0 Å². The Morgan fingerprint density at radius 1 is 1.26 bits per heavy atom. The van der Waals surface area contributed by atoms with Crippen molar-refractivity contribution in [3.05, 3.63) is 24.8 Å². The summed E-state index contributed by atoms with van der Waals surface area (Å²) < 4.78 is 7.76. The molecule has 2 aromatic rings. The number of fused-ring (bicyclic) bond motifs is 2. The highest BCUT2D eigenvalue weighted by atomic mass is 16.5. The van der Waals surface area contributed by atoms with Gasteiger partial charge in [0.05, 0.1) is 19.0 Å². The molecular weight excluding hydrogens is 246 g/mol. The summed E-state index contributed by atoms with van der Waals surface area (Å²) in [5, 5.41) is 9.33. The predicted molar refractivity (Wildman–Crippen MR) is 66.9 cm³/mol. The van der Waals surface area contributed by atoms with Crippen LogP contribution in [0, 0.1) is 11.8 Å². The highest BCUT2D eigenvalue weighted by Gasteiger charge is 2.47. The Balaban J connectivity index is 1.79. The summed E-state index contributed by atoms with van der Waals surface area (Å²) in [4.78, 5) is 12.4. The van der Waals surface area contributed by atoms with Crippen LogP contribution in [0.3, 0.4) is 0 Å². The average Bonchev–Trinajstić information content (AvgIpc) is 2.89. The van der Waals surface area contributed by atoms with Crippen LogP contribution in [0.25, 0.3) is 11.2 Å². The fourth-order valence-electron chi connectivity index (χ4n) is 2.86. The van der Waals surface area contributed by atoms with Crippen molar-refractivity contribution < 1.29 is 9.84 Å². The minimum absolute atomic E-state index is 0.0196. The maximum atomic E-state index is 9.33. The zero-order valence-corrected chi connectivity index (χ0v) is 10.0. The molecule has 0 aromatic carbocycles. The summed E-state index contributed by atoms with van der Waals surface area (Å²) in [6.07, 6.45) is 6.92. The lowest BCUT2D eigenvalue weighted by molar-refractivity contribution is -0.0288. The third-order valence-corrected chi connectivity index (χ3v) is 3.91. The van der Waals surface area contributed by atoms with Crippen LogP contribution in [-0.2, 0) is 4.74 Å². The van der Waals surface area contributed by atoms with Crippen LogP contribution < -0.4 is 5.73 Å². The second-order valence-electron chi connectivity index (χ2n) is 4.87. The van der Waals surface area contributed by atoms with Crippen molar-refractivity contribution in [2.75, 3.05) is 12.3 Å². The van der Waals surface area contributed by atoms with Crippen LogP contribution in [0.15, 0.2) is 24.8 Å². The van der Waals surface area contributed by atoms with Gasteiger partial charge >= 0.3 is 0 Å². The summed E-state index contributed by atoms with van der Waals surface area (Å²) in [7, 11) is 0. The average molecular weight is 259 g/mol. The van der Waals surface area contributed by atoms with Gasteiger partial charge in [0.1, 0.15) is 18.1 Å². The molecule has 3 N–H and O–H groups in total. The van der Waals surface area contributed by atoms with Crippen molar-refractivity contribution in [1.29, 1.82) is 0 Å². The SMILES string of the molecule is Nc1ncnc2c1ncn2[C@H]1O[C@H](CO)[C@H]2C=C[C@H]21. The Hall–Kier alpha value is -1.99. The second kappa shape index (κ2) is 3.75. The van der Waals surface area contributed by atoms with Crippen molar-refractivity contribution in [1.82, 2.24) is 19.5 Å². The molecule has 19 heavy (non-hydrogen) atoms. The summed E-state index contributed by atoms with van der Waals surface area (Å²) >= 11 is 0. The molecule has 1 aliphatic heterocycles. The number of aliphatic hydroxyl groups is 1. The molecule has 98 valence electrons. The van der Waals surface area contributed by atoms with E-state index in [1.807, 2.05) is 4.57 Å². The third-order valence-electron chi connectivity index (χ3n) is 3.91. The maximum absolute atomic E-state index is 9.33. The maximum Gasteiger partial charge on any atom is 0.167 e. The number of anilines is 1. The topological polar surface area (TPSA) is 99.1 Å². The number of imidazole rings is 1. The Morgan fingerprint density at radius 3 is 2.79 bits per heavy atom. The van der Waals surface area contributed by atoms with Crippen molar-refractivity contribution in [2.45, 2.75) is 12.3 Å². The van der Waals surface area contributed by atoms with E-state index < -0.39 is 0 Å². The molecule has 7 heteroatoms. The Kier molecular flexibility index (Phi) is 2.15. The molecule has 1 fully saturated rings. The van der Waals surface area contributed by atoms with E-state index in [4.69, 9.17) is 10.5 Å². The number of hydrogen-bond acceptors (Lipinski definition) is 6. The van der Waals surface area contributed by atoms with E-state index >= 15 is 0 Å². The fourth-order valence-corrected chi connectivity index (χ4v) is 2.86. The van der Waals surface area contributed by atoms with Gasteiger partial charge in [0, 0.05) is 11.8 Å². The number of aliphatic hydroxyl groups excluding tert-OH is 1. The van der Waals surface area contributed by atoms with Gasteiger partial charge in [-0.25, -0.2) is 15.0 Å². The molecule has 0 bridgehead atoms. The van der Waals surface area contributed by atoms with E-state index in [9.17, 15) is 5.11 Å². The molecule has 0 radical (unpaired) electrons. The van der Waals surface area contributed by atoms with Crippen LogP contribution in [-0.4, -0.2) is 37.3 Å². The van der Waals surface area contributed by atoms with E-state index in [1.54, 1.807) is 6.33 Å². The molecule has 2 aliphatic rings. The first-order valence-electron chi connectivity index (χ1n) is 6.17. The van der Waals surface area contributed by atoms with Gasteiger partial charge in [-0.3, -0.25) is 4.57 Å². The zero-order valence-electron chi connectivity index (χ0n) is 10.0. The molecule has 4 rings (SSSR count). The number of nitrogen functional groups attached to an aromatic ring is 1. The first-order valence-corrected chi connectivity index (χ1v) is 6.17. The van der Waals surface area contributed by atoms with Crippen LogP contribution in [0.5, 0.6) is 0 Å². The van der Waals surface area contributed by atoms with Crippen LogP contribution in [0.4, 0.5) is 5.82 Å². The Labute approximate surface area is 108 Å². The molecule has 4 atom stereocenters. The number of rotatable bonds is 2. The van der Waals surface area contributed by atoms with E-state index in [1.165, 1.54) is 6.33 Å². The molecule has 1 saturated heterocycles. The Bertz CT molecular complexity index is 667. The van der Waals surface area contributed by atoms with Crippen LogP contribution in [0.2, 0.25) is 0 Å². The van der Waals surface area contributed by atoms with E-state index in [2.05, 4.69) is 27.1 Å². The number of ether oxygens (including phenoxy) is 1. The van der Waals surface area contributed by atoms with Gasteiger partial charge < -0.3 is 15.6 Å². The van der Waals surface area contributed by atoms with Gasteiger partial charge in [-0.05, 0) is 0 Å². The molecule has 7 nitrogen and oxygen atoms in total. The molecule has 1 aliphatic carbocycles. The van der Waals surface area contributed by atoms with Crippen molar-refractivity contribution >= 4 is 17.0 Å². The minimum Gasteiger partial charge on any atom is -0.394 e. The predicted octanol–water partition coefficient (Wildman–Crippen LogP) is 0.100. The first-order chi connectivity index (χ1) is 9.29. The van der Waals surface area contributed by atoms with Gasteiger partial charge in [-0.2, -0.15) is 0 Å². The molecular formula is C12H13N5O2. The summed E-state index contributed by atoms with van der Waals surface area (Å²) in [6.45, 7) is 0.0196. The van der Waals surface area contributed by atoms with Gasteiger partial charge in [0.25, 0.3) is 0 Å². The molecule has 0 unspecified atom stereocenters. The largest absolute Gasteiger partial charge is 0.394 e. The van der Waals surface area contributed by atoms with Gasteiger partial charge in [0.2, 0.25) is 0 Å². The van der Waals surface area contributed by atoms with Crippen molar-refractivity contribution in [3.8, 4) is 0 Å². The zero-order chi connectivity index (χ0) is 13.0. The van der Waals surface area contributed by atoms with Crippen molar-refractivity contribution in [3.63, 3.8) is 0 Å². The van der Waals surface area contributed by atoms with Gasteiger partial charge in [-0.1, -0.05) is 12.2 Å². The standard InChI is InChI=1S/C12H13N5O2/c13-10-9-11(15-4-14-10)17(5-16-9)12-7-2-1-6(7)8(3-18)19-12/h1-2,4-8,12,18H,3H2,(H2,13,14,15)/t6-,7+,8+,12-/m0/s1. The summed E-state index contributed by atoms with van der Waals surface area (Å²) in [5.41, 5.74) is 7.02. The number of aromatic nitrogens is 4. The fraction of sp³-hybridized carbons (Fsp3) is 0.417. The normalized spacial score (nSPS) is 32.5. The summed E-state index contributed by atoms with van der Waals surface area (Å²) in [5.74, 6) is 0.888. The lowest BCUT2D eigenvalue weighted by Gasteiger charge is -2.25. The number of nitrogens with zero attached hydrogens (tertiary/aromatic N) is 4. The van der Waals surface area contributed by atoms with E-state index in [-0.39, 0.29) is 30.8 Å². The lowest BCUT2D eigenvalue weighted by Crippen LogP contribution is -2.26. The minimum atomic E-state index is -0.188. The first kappa shape index (κ1) is 10.9. The van der Waals surface area contributed by atoms with Crippen molar-refractivity contribution in [2.24, 2.45) is 11.8 Å².